The number of aromatic nitrogens is 2. The summed E-state index contributed by atoms with van der Waals surface area (Å²) in [6.45, 7) is 2.72. The molecule has 2 rings (SSSR count). The molecule has 0 radical (unpaired) electrons. The Bertz CT molecular complexity index is 521. The Morgan fingerprint density at radius 3 is 2.52 bits per heavy atom. The van der Waals surface area contributed by atoms with Gasteiger partial charge in [-0.3, -0.25) is 0 Å². The molecule has 0 saturated carbocycles. The molecule has 6 heteroatoms. The number of hydrogen-bond acceptors (Lipinski definition) is 6. The fourth-order valence-corrected chi connectivity index (χ4v) is 2.08. The summed E-state index contributed by atoms with van der Waals surface area (Å²) < 4.78 is 15.8. The Kier molecular flexibility index (Phi) is 5.57. The Morgan fingerprint density at radius 1 is 1.24 bits per heavy atom. The molecule has 0 bridgehead atoms. The van der Waals surface area contributed by atoms with Crippen molar-refractivity contribution in [3.05, 3.63) is 36.0 Å². The number of nitrogens with zero attached hydrogens (tertiary/aromatic N) is 2. The van der Waals surface area contributed by atoms with Crippen molar-refractivity contribution in [2.24, 2.45) is 0 Å². The zero-order chi connectivity index (χ0) is 15.1. The van der Waals surface area contributed by atoms with Crippen molar-refractivity contribution in [3.63, 3.8) is 0 Å². The number of rotatable bonds is 8. The van der Waals surface area contributed by atoms with E-state index in [2.05, 4.69) is 22.2 Å². The molecule has 114 valence electrons. The molecule has 1 unspecified atom stereocenters. The Labute approximate surface area is 124 Å². The predicted molar refractivity (Wildman–Crippen MR) is 78.5 cm³/mol. The van der Waals surface area contributed by atoms with E-state index in [0.29, 0.717) is 24.3 Å². The maximum atomic E-state index is 5.33. The lowest BCUT2D eigenvalue weighted by Crippen LogP contribution is -2.26. The van der Waals surface area contributed by atoms with Gasteiger partial charge in [0.2, 0.25) is 11.8 Å². The van der Waals surface area contributed by atoms with Crippen LogP contribution in [0.2, 0.25) is 0 Å². The number of aryl methyl sites for hydroxylation is 1. The predicted octanol–water partition coefficient (Wildman–Crippen LogP) is 2.20. The third kappa shape index (κ3) is 4.19. The molecule has 21 heavy (non-hydrogen) atoms. The molecule has 0 aliphatic heterocycles. The molecule has 6 nitrogen and oxygen atoms in total. The van der Waals surface area contributed by atoms with Crippen LogP contribution in [-0.4, -0.2) is 30.2 Å². The van der Waals surface area contributed by atoms with Crippen LogP contribution in [0.3, 0.4) is 0 Å². The second-order valence-corrected chi connectivity index (χ2v) is 4.77. The summed E-state index contributed by atoms with van der Waals surface area (Å²) in [6, 6.07) is 4.22. The third-order valence-corrected chi connectivity index (χ3v) is 3.28. The van der Waals surface area contributed by atoms with Gasteiger partial charge in [-0.25, -0.2) is 9.97 Å². The zero-order valence-corrected chi connectivity index (χ0v) is 12.6. The van der Waals surface area contributed by atoms with Crippen LogP contribution < -0.4 is 14.8 Å². The van der Waals surface area contributed by atoms with E-state index < -0.39 is 0 Å². The van der Waals surface area contributed by atoms with Gasteiger partial charge in [0, 0.05) is 19.0 Å². The summed E-state index contributed by atoms with van der Waals surface area (Å²) in [4.78, 5) is 8.20. The Hall–Kier alpha value is -2.08. The minimum atomic E-state index is 0.324. The van der Waals surface area contributed by atoms with Crippen molar-refractivity contribution >= 4 is 0 Å². The molecule has 0 aliphatic rings. The summed E-state index contributed by atoms with van der Waals surface area (Å²) in [5.41, 5.74) is 0.826. The lowest BCUT2D eigenvalue weighted by molar-refractivity contribution is 0.356. The van der Waals surface area contributed by atoms with Gasteiger partial charge in [0.1, 0.15) is 12.1 Å². The highest BCUT2D eigenvalue weighted by Crippen LogP contribution is 2.23. The van der Waals surface area contributed by atoms with E-state index in [0.717, 1.165) is 24.2 Å². The number of methoxy groups -OCH3 is 2. The quantitative estimate of drug-likeness (QED) is 0.804. The molecule has 0 aromatic carbocycles. The first kappa shape index (κ1) is 15.3. The van der Waals surface area contributed by atoms with E-state index in [1.54, 1.807) is 20.5 Å². The molecule has 1 N–H and O–H groups in total. The largest absolute Gasteiger partial charge is 0.481 e. The maximum Gasteiger partial charge on any atom is 0.224 e. The van der Waals surface area contributed by atoms with Crippen LogP contribution in [0.4, 0.5) is 0 Å². The zero-order valence-electron chi connectivity index (χ0n) is 12.6. The smallest absolute Gasteiger partial charge is 0.224 e. The molecule has 0 aliphatic carbocycles. The minimum Gasteiger partial charge on any atom is -0.481 e. The van der Waals surface area contributed by atoms with Gasteiger partial charge in [-0.1, -0.05) is 0 Å². The highest BCUT2D eigenvalue weighted by Gasteiger charge is 2.13. The highest BCUT2D eigenvalue weighted by atomic mass is 16.5. The van der Waals surface area contributed by atoms with E-state index >= 15 is 0 Å². The average molecular weight is 291 g/mol. The van der Waals surface area contributed by atoms with E-state index in [4.69, 9.17) is 13.9 Å². The van der Waals surface area contributed by atoms with E-state index in [1.807, 2.05) is 12.1 Å². The van der Waals surface area contributed by atoms with Crippen LogP contribution in [0.25, 0.3) is 0 Å². The lowest BCUT2D eigenvalue weighted by Gasteiger charge is -2.15. The van der Waals surface area contributed by atoms with Crippen molar-refractivity contribution in [2.45, 2.75) is 32.4 Å². The van der Waals surface area contributed by atoms with Crippen LogP contribution in [0.5, 0.6) is 11.8 Å². The Morgan fingerprint density at radius 2 is 1.95 bits per heavy atom. The number of nitrogens with one attached hydrogen (secondary N) is 1. The topological polar surface area (TPSA) is 69.4 Å². The van der Waals surface area contributed by atoms with Gasteiger partial charge in [-0.05, 0) is 25.5 Å². The van der Waals surface area contributed by atoms with Gasteiger partial charge < -0.3 is 19.2 Å². The molecule has 2 heterocycles. The average Bonchev–Trinajstić information content (AvgIpc) is 3.03. The number of hydrogen-bond donors (Lipinski definition) is 1. The van der Waals surface area contributed by atoms with Gasteiger partial charge in [0.25, 0.3) is 0 Å². The van der Waals surface area contributed by atoms with Gasteiger partial charge in [-0.15, -0.1) is 0 Å². The van der Waals surface area contributed by atoms with E-state index in [9.17, 15) is 0 Å². The normalized spacial score (nSPS) is 12.1. The SMILES string of the molecule is COc1ncnc(OC)c1CNC(C)CCc1ccco1. The highest BCUT2D eigenvalue weighted by molar-refractivity contribution is 5.34. The molecular weight excluding hydrogens is 270 g/mol. The molecule has 0 amide bonds. The minimum absolute atomic E-state index is 0.324. The van der Waals surface area contributed by atoms with Crippen molar-refractivity contribution in [2.75, 3.05) is 14.2 Å². The van der Waals surface area contributed by atoms with Gasteiger partial charge in [-0.2, -0.15) is 0 Å². The number of furan rings is 1. The molecule has 2 aromatic rings. The molecule has 1 atom stereocenters. The van der Waals surface area contributed by atoms with Gasteiger partial charge in [0.05, 0.1) is 26.0 Å². The first-order valence-corrected chi connectivity index (χ1v) is 6.92. The number of ether oxygens (including phenoxy) is 2. The molecule has 0 spiro atoms. The van der Waals surface area contributed by atoms with Gasteiger partial charge >= 0.3 is 0 Å². The summed E-state index contributed by atoms with van der Waals surface area (Å²) in [5.74, 6) is 2.07. The van der Waals surface area contributed by atoms with Crippen LogP contribution in [0.15, 0.2) is 29.1 Å². The van der Waals surface area contributed by atoms with Crippen molar-refractivity contribution in [3.8, 4) is 11.8 Å². The van der Waals surface area contributed by atoms with Gasteiger partial charge in [0.15, 0.2) is 0 Å². The third-order valence-electron chi connectivity index (χ3n) is 3.28. The molecule has 0 fully saturated rings. The maximum absolute atomic E-state index is 5.33. The summed E-state index contributed by atoms with van der Waals surface area (Å²) in [6.07, 6.45) is 5.01. The first-order valence-electron chi connectivity index (χ1n) is 6.92. The standard InChI is InChI=1S/C15H21N3O3/c1-11(6-7-12-5-4-8-21-12)16-9-13-14(19-2)17-10-18-15(13)20-3/h4-5,8,10-11,16H,6-7,9H2,1-3H3. The second kappa shape index (κ2) is 7.64. The van der Waals surface area contributed by atoms with Crippen LogP contribution in [-0.2, 0) is 13.0 Å². The van der Waals surface area contributed by atoms with Crippen LogP contribution >= 0.6 is 0 Å². The second-order valence-electron chi connectivity index (χ2n) is 4.77. The van der Waals surface area contributed by atoms with Crippen LogP contribution in [0, 0.1) is 0 Å². The molecule has 0 saturated heterocycles. The van der Waals surface area contributed by atoms with E-state index in [-0.39, 0.29) is 0 Å². The first-order chi connectivity index (χ1) is 10.2. The lowest BCUT2D eigenvalue weighted by atomic mass is 10.1. The van der Waals surface area contributed by atoms with Crippen molar-refractivity contribution < 1.29 is 13.9 Å². The fourth-order valence-electron chi connectivity index (χ4n) is 2.08. The Balaban J connectivity index is 1.89. The van der Waals surface area contributed by atoms with Crippen molar-refractivity contribution in [1.29, 1.82) is 0 Å². The monoisotopic (exact) mass is 291 g/mol. The fraction of sp³-hybridized carbons (Fsp3) is 0.467. The van der Waals surface area contributed by atoms with Crippen LogP contribution in [0.1, 0.15) is 24.7 Å². The summed E-state index contributed by atoms with van der Waals surface area (Å²) in [5, 5.41) is 3.43. The summed E-state index contributed by atoms with van der Waals surface area (Å²) >= 11 is 0. The molecular formula is C15H21N3O3. The summed E-state index contributed by atoms with van der Waals surface area (Å²) in [7, 11) is 3.18. The van der Waals surface area contributed by atoms with Crippen molar-refractivity contribution in [1.82, 2.24) is 15.3 Å². The molecule has 2 aromatic heterocycles. The van der Waals surface area contributed by atoms with E-state index in [1.165, 1.54) is 6.33 Å².